The molecule has 2 fully saturated rings. The van der Waals surface area contributed by atoms with Crippen LogP contribution in [-0.4, -0.2) is 73.8 Å². The lowest BCUT2D eigenvalue weighted by Crippen LogP contribution is -2.38. The normalized spacial score (nSPS) is 22.0. The second-order valence-corrected chi connectivity index (χ2v) is 10.9. The first kappa shape index (κ1) is 24.6. The Hall–Kier alpha value is -2.68. The highest BCUT2D eigenvalue weighted by Crippen LogP contribution is 2.38. The molecule has 2 atom stereocenters. The van der Waals surface area contributed by atoms with Crippen LogP contribution in [0.3, 0.4) is 0 Å². The molecule has 7 nitrogen and oxygen atoms in total. The van der Waals surface area contributed by atoms with Crippen LogP contribution in [0.1, 0.15) is 30.5 Å². The van der Waals surface area contributed by atoms with Gasteiger partial charge in [0.05, 0.1) is 17.3 Å². The number of nitrogens with one attached hydrogen (secondary N) is 1. The number of hydrogen-bond donors (Lipinski definition) is 1. The molecule has 0 radical (unpaired) electrons. The van der Waals surface area contributed by atoms with E-state index < -0.39 is 5.82 Å². The molecule has 196 valence electrons. The molecule has 0 saturated carbocycles. The second kappa shape index (κ2) is 10.2. The van der Waals surface area contributed by atoms with Gasteiger partial charge in [0.2, 0.25) is 0 Å². The molecule has 3 aliphatic rings. The lowest BCUT2D eigenvalue weighted by Gasteiger charge is -2.34. The summed E-state index contributed by atoms with van der Waals surface area (Å²) in [6, 6.07) is 10.4. The summed E-state index contributed by atoms with van der Waals surface area (Å²) >= 11 is 6.47. The number of nitrogens with zero attached hydrogens (tertiary/aromatic N) is 5. The molecule has 0 bridgehead atoms. The number of fused-ring (bicyclic) bond motifs is 2. The summed E-state index contributed by atoms with van der Waals surface area (Å²) in [6.07, 6.45) is 4.21. The molecule has 9 heteroatoms. The minimum absolute atomic E-state index is 0.167. The van der Waals surface area contributed by atoms with Crippen molar-refractivity contribution in [2.24, 2.45) is 0 Å². The molecular formula is C28H34ClFN6O. The molecule has 1 N–H and O–H groups in total. The quantitative estimate of drug-likeness (QED) is 0.517. The van der Waals surface area contributed by atoms with Crippen molar-refractivity contribution >= 4 is 33.9 Å². The van der Waals surface area contributed by atoms with E-state index in [-0.39, 0.29) is 5.02 Å². The zero-order chi connectivity index (χ0) is 25.5. The lowest BCUT2D eigenvalue weighted by molar-refractivity contribution is 0.187. The van der Waals surface area contributed by atoms with Crippen LogP contribution >= 0.6 is 11.6 Å². The number of likely N-dealkylation sites (tertiary alicyclic amines) is 1. The van der Waals surface area contributed by atoms with E-state index in [4.69, 9.17) is 26.3 Å². The number of anilines is 2. The van der Waals surface area contributed by atoms with Crippen LogP contribution in [0.15, 0.2) is 30.3 Å². The monoisotopic (exact) mass is 524 g/mol. The SMILES string of the molecule is CN(c1nc(OC[C@@H]2CCCN2C)nc2c1CCN(c1cccc3ccc(F)c(Cl)c13)C2)C1CCNC1. The van der Waals surface area contributed by atoms with Gasteiger partial charge >= 0.3 is 6.01 Å². The van der Waals surface area contributed by atoms with Gasteiger partial charge in [-0.25, -0.2) is 4.39 Å². The van der Waals surface area contributed by atoms with E-state index in [9.17, 15) is 4.39 Å². The van der Waals surface area contributed by atoms with Crippen molar-refractivity contribution in [3.05, 3.63) is 52.4 Å². The standard InChI is InChI=1S/C28H34ClFN6O/c1-34-13-4-6-20(34)17-37-28-32-23-16-36(24-7-3-5-18-8-9-22(30)26(29)25(18)24)14-11-21(23)27(33-28)35(2)19-10-12-31-15-19/h3,5,7-9,19-20,31H,4,6,10-17H2,1-2H3/t19?,20-/m0/s1. The summed E-state index contributed by atoms with van der Waals surface area (Å²) in [6.45, 7) is 5.03. The van der Waals surface area contributed by atoms with Crippen molar-refractivity contribution in [2.75, 3.05) is 56.7 Å². The number of likely N-dealkylation sites (N-methyl/N-ethyl adjacent to an activating group) is 2. The number of ether oxygens (including phenoxy) is 1. The van der Waals surface area contributed by atoms with Crippen LogP contribution in [-0.2, 0) is 13.0 Å². The Morgan fingerprint density at radius 2 is 2.08 bits per heavy atom. The summed E-state index contributed by atoms with van der Waals surface area (Å²) in [5.41, 5.74) is 3.07. The number of rotatable bonds is 6. The Balaban J connectivity index is 1.35. The van der Waals surface area contributed by atoms with Crippen LogP contribution < -0.4 is 19.9 Å². The molecule has 0 aliphatic carbocycles. The number of benzene rings is 2. The Labute approximate surface area is 222 Å². The zero-order valence-electron chi connectivity index (χ0n) is 21.5. The third-order valence-electron chi connectivity index (χ3n) is 8.27. The molecule has 0 amide bonds. The average molecular weight is 525 g/mol. The zero-order valence-corrected chi connectivity index (χ0v) is 22.3. The van der Waals surface area contributed by atoms with Crippen LogP contribution in [0.2, 0.25) is 5.02 Å². The smallest absolute Gasteiger partial charge is 0.318 e. The Morgan fingerprint density at radius 1 is 1.19 bits per heavy atom. The van der Waals surface area contributed by atoms with Gasteiger partial charge in [-0.1, -0.05) is 29.8 Å². The Morgan fingerprint density at radius 3 is 2.86 bits per heavy atom. The third kappa shape index (κ3) is 4.71. The van der Waals surface area contributed by atoms with E-state index in [2.05, 4.69) is 34.1 Å². The Kier molecular flexibility index (Phi) is 6.82. The summed E-state index contributed by atoms with van der Waals surface area (Å²) in [7, 11) is 4.28. The number of halogens is 2. The molecule has 0 spiro atoms. The van der Waals surface area contributed by atoms with E-state index in [0.717, 1.165) is 73.4 Å². The van der Waals surface area contributed by atoms with Gasteiger partial charge in [0.15, 0.2) is 0 Å². The van der Waals surface area contributed by atoms with E-state index in [0.29, 0.717) is 31.2 Å². The molecule has 37 heavy (non-hydrogen) atoms. The predicted octanol–water partition coefficient (Wildman–Crippen LogP) is 4.26. The van der Waals surface area contributed by atoms with Gasteiger partial charge in [-0.05, 0) is 63.3 Å². The van der Waals surface area contributed by atoms with E-state index in [1.165, 1.54) is 18.1 Å². The highest BCUT2D eigenvalue weighted by molar-refractivity contribution is 6.36. The van der Waals surface area contributed by atoms with Gasteiger partial charge in [0, 0.05) is 48.9 Å². The number of hydrogen-bond acceptors (Lipinski definition) is 7. The minimum atomic E-state index is -0.400. The van der Waals surface area contributed by atoms with Crippen LogP contribution in [0, 0.1) is 5.82 Å². The minimum Gasteiger partial charge on any atom is -0.462 e. The molecule has 1 aromatic heterocycles. The van der Waals surface area contributed by atoms with Crippen molar-refractivity contribution in [2.45, 2.75) is 44.3 Å². The predicted molar refractivity (Wildman–Crippen MR) is 147 cm³/mol. The van der Waals surface area contributed by atoms with Gasteiger partial charge in [0.25, 0.3) is 0 Å². The van der Waals surface area contributed by atoms with E-state index >= 15 is 0 Å². The summed E-state index contributed by atoms with van der Waals surface area (Å²) in [5, 5.41) is 5.31. The summed E-state index contributed by atoms with van der Waals surface area (Å²) < 4.78 is 20.6. The summed E-state index contributed by atoms with van der Waals surface area (Å²) in [4.78, 5) is 16.8. The molecule has 4 heterocycles. The fourth-order valence-electron chi connectivity index (χ4n) is 6.01. The first-order valence-electron chi connectivity index (χ1n) is 13.3. The topological polar surface area (TPSA) is 56.8 Å². The third-order valence-corrected chi connectivity index (χ3v) is 8.64. The highest BCUT2D eigenvalue weighted by Gasteiger charge is 2.30. The molecular weight excluding hydrogens is 491 g/mol. The molecule has 1 unspecified atom stereocenters. The van der Waals surface area contributed by atoms with Crippen molar-refractivity contribution in [1.82, 2.24) is 20.2 Å². The average Bonchev–Trinajstić information content (AvgIpc) is 3.60. The van der Waals surface area contributed by atoms with Gasteiger partial charge < -0.3 is 24.8 Å². The molecule has 2 aromatic carbocycles. The lowest BCUT2D eigenvalue weighted by atomic mass is 10.0. The molecule has 6 rings (SSSR count). The fraction of sp³-hybridized carbons (Fsp3) is 0.500. The van der Waals surface area contributed by atoms with Crippen LogP contribution in [0.4, 0.5) is 15.9 Å². The van der Waals surface area contributed by atoms with Crippen molar-refractivity contribution in [3.63, 3.8) is 0 Å². The van der Waals surface area contributed by atoms with Crippen molar-refractivity contribution < 1.29 is 9.13 Å². The van der Waals surface area contributed by atoms with E-state index in [1.807, 2.05) is 18.2 Å². The molecule has 3 aliphatic heterocycles. The maximum atomic E-state index is 14.4. The van der Waals surface area contributed by atoms with E-state index in [1.54, 1.807) is 6.07 Å². The Bertz CT molecular complexity index is 1300. The molecule has 2 saturated heterocycles. The van der Waals surface area contributed by atoms with Gasteiger partial charge in [-0.3, -0.25) is 0 Å². The maximum absolute atomic E-state index is 14.4. The van der Waals surface area contributed by atoms with Gasteiger partial charge in [0.1, 0.15) is 18.2 Å². The van der Waals surface area contributed by atoms with Gasteiger partial charge in [-0.2, -0.15) is 9.97 Å². The maximum Gasteiger partial charge on any atom is 0.318 e. The van der Waals surface area contributed by atoms with Crippen LogP contribution in [0.5, 0.6) is 6.01 Å². The summed E-state index contributed by atoms with van der Waals surface area (Å²) in [5.74, 6) is 0.568. The van der Waals surface area contributed by atoms with Gasteiger partial charge in [-0.15, -0.1) is 0 Å². The second-order valence-electron chi connectivity index (χ2n) is 10.5. The van der Waals surface area contributed by atoms with Crippen molar-refractivity contribution in [3.8, 4) is 6.01 Å². The highest BCUT2D eigenvalue weighted by atomic mass is 35.5. The van der Waals surface area contributed by atoms with Crippen LogP contribution in [0.25, 0.3) is 10.8 Å². The number of aromatic nitrogens is 2. The molecule has 3 aromatic rings. The largest absolute Gasteiger partial charge is 0.462 e. The van der Waals surface area contributed by atoms with Crippen molar-refractivity contribution in [1.29, 1.82) is 0 Å². The first-order valence-corrected chi connectivity index (χ1v) is 13.7. The fourth-order valence-corrected chi connectivity index (χ4v) is 6.28. The first-order chi connectivity index (χ1) is 18.0.